The van der Waals surface area contributed by atoms with Crippen LogP contribution in [-0.2, 0) is 9.84 Å². The van der Waals surface area contributed by atoms with E-state index in [1.807, 2.05) is 21.0 Å². The minimum absolute atomic E-state index is 0.0529. The van der Waals surface area contributed by atoms with E-state index in [9.17, 15) is 8.42 Å². The number of sulfone groups is 1. The van der Waals surface area contributed by atoms with Crippen molar-refractivity contribution in [3.63, 3.8) is 0 Å². The van der Waals surface area contributed by atoms with E-state index in [-0.39, 0.29) is 17.5 Å². The van der Waals surface area contributed by atoms with Gasteiger partial charge in [0.05, 0.1) is 5.75 Å². The molecule has 0 heterocycles. The lowest BCUT2D eigenvalue weighted by molar-refractivity contribution is 0.390. The lowest BCUT2D eigenvalue weighted by atomic mass is 10.3. The molecule has 0 rings (SSSR count). The Bertz CT molecular complexity index is 250. The third-order valence-electron chi connectivity index (χ3n) is 2.22. The molecule has 0 aliphatic carbocycles. The van der Waals surface area contributed by atoms with Gasteiger partial charge in [0.2, 0.25) is 0 Å². The Morgan fingerprint density at radius 1 is 1.33 bits per heavy atom. The van der Waals surface area contributed by atoms with E-state index in [2.05, 4.69) is 10.2 Å². The van der Waals surface area contributed by atoms with Crippen molar-refractivity contribution >= 4 is 9.84 Å². The van der Waals surface area contributed by atoms with Crippen molar-refractivity contribution in [3.05, 3.63) is 0 Å². The largest absolute Gasteiger partial charge is 0.313 e. The van der Waals surface area contributed by atoms with Crippen LogP contribution in [0.25, 0.3) is 0 Å². The normalized spacial score (nSPS) is 14.5. The fourth-order valence-corrected chi connectivity index (χ4v) is 2.42. The molecule has 0 aliphatic heterocycles. The lowest BCUT2D eigenvalue weighted by Gasteiger charge is -2.14. The Kier molecular flexibility index (Phi) is 7.13. The van der Waals surface area contributed by atoms with E-state index in [1.54, 1.807) is 6.92 Å². The summed E-state index contributed by atoms with van der Waals surface area (Å²) in [4.78, 5) is 2.12. The van der Waals surface area contributed by atoms with Gasteiger partial charge in [0.15, 0.2) is 9.84 Å². The lowest BCUT2D eigenvalue weighted by Crippen LogP contribution is -2.35. The zero-order valence-electron chi connectivity index (χ0n) is 10.3. The van der Waals surface area contributed by atoms with E-state index in [4.69, 9.17) is 0 Å². The summed E-state index contributed by atoms with van der Waals surface area (Å²) in [7, 11) is 1.22. The van der Waals surface area contributed by atoms with E-state index in [0.29, 0.717) is 0 Å². The van der Waals surface area contributed by atoms with Crippen molar-refractivity contribution in [1.82, 2.24) is 10.2 Å². The third kappa shape index (κ3) is 8.84. The molecular formula is C10H24N2O2S. The molecule has 5 heteroatoms. The monoisotopic (exact) mass is 236 g/mol. The van der Waals surface area contributed by atoms with Gasteiger partial charge < -0.3 is 10.2 Å². The SMILES string of the molecule is CCS(=O)(=O)CC(C)NCCCN(C)C. The van der Waals surface area contributed by atoms with E-state index < -0.39 is 9.84 Å². The van der Waals surface area contributed by atoms with Gasteiger partial charge in [-0.3, -0.25) is 0 Å². The highest BCUT2D eigenvalue weighted by molar-refractivity contribution is 7.91. The van der Waals surface area contributed by atoms with Crippen molar-refractivity contribution in [2.24, 2.45) is 0 Å². The second-order valence-corrected chi connectivity index (χ2v) is 6.61. The van der Waals surface area contributed by atoms with Gasteiger partial charge in [-0.05, 0) is 40.5 Å². The molecule has 92 valence electrons. The molecule has 0 saturated carbocycles. The molecule has 0 fully saturated rings. The molecule has 0 aromatic heterocycles. The van der Waals surface area contributed by atoms with Crippen LogP contribution >= 0.6 is 0 Å². The van der Waals surface area contributed by atoms with Crippen molar-refractivity contribution in [3.8, 4) is 0 Å². The Labute approximate surface area is 94.0 Å². The molecule has 0 aliphatic rings. The first-order valence-corrected chi connectivity index (χ1v) is 7.28. The highest BCUT2D eigenvalue weighted by Crippen LogP contribution is 1.94. The second kappa shape index (κ2) is 7.19. The van der Waals surface area contributed by atoms with Crippen LogP contribution in [0, 0.1) is 0 Å². The molecule has 0 saturated heterocycles. The molecule has 1 N–H and O–H groups in total. The minimum atomic E-state index is -2.85. The highest BCUT2D eigenvalue weighted by Gasteiger charge is 2.12. The fraction of sp³-hybridized carbons (Fsp3) is 1.00. The summed E-state index contributed by atoms with van der Waals surface area (Å²) in [5.74, 6) is 0.474. The summed E-state index contributed by atoms with van der Waals surface area (Å²) >= 11 is 0. The first kappa shape index (κ1) is 14.9. The summed E-state index contributed by atoms with van der Waals surface area (Å²) in [5, 5.41) is 3.22. The van der Waals surface area contributed by atoms with E-state index >= 15 is 0 Å². The van der Waals surface area contributed by atoms with Gasteiger partial charge in [-0.1, -0.05) is 6.92 Å². The smallest absolute Gasteiger partial charge is 0.151 e. The van der Waals surface area contributed by atoms with Crippen LogP contribution in [0.3, 0.4) is 0 Å². The van der Waals surface area contributed by atoms with Crippen molar-refractivity contribution in [2.45, 2.75) is 26.3 Å². The van der Waals surface area contributed by atoms with Gasteiger partial charge in [-0.15, -0.1) is 0 Å². The Morgan fingerprint density at radius 3 is 2.40 bits per heavy atom. The van der Waals surface area contributed by atoms with E-state index in [0.717, 1.165) is 19.5 Å². The first-order chi connectivity index (χ1) is 6.87. The Balaban J connectivity index is 3.62. The predicted molar refractivity (Wildman–Crippen MR) is 65.0 cm³/mol. The standard InChI is InChI=1S/C10H24N2O2S/c1-5-15(13,14)9-10(2)11-7-6-8-12(3)4/h10-11H,5-9H2,1-4H3. The summed E-state index contributed by atoms with van der Waals surface area (Å²) in [5.41, 5.74) is 0. The molecule has 0 spiro atoms. The number of hydrogen-bond donors (Lipinski definition) is 1. The number of rotatable bonds is 8. The molecule has 1 atom stereocenters. The van der Waals surface area contributed by atoms with Gasteiger partial charge in [0.25, 0.3) is 0 Å². The van der Waals surface area contributed by atoms with Crippen molar-refractivity contribution < 1.29 is 8.42 Å². The number of hydrogen-bond acceptors (Lipinski definition) is 4. The topological polar surface area (TPSA) is 49.4 Å². The van der Waals surface area contributed by atoms with Crippen LogP contribution in [0.5, 0.6) is 0 Å². The van der Waals surface area contributed by atoms with Crippen LogP contribution in [0.2, 0.25) is 0 Å². The molecule has 0 aromatic carbocycles. The average Bonchev–Trinajstić information content (AvgIpc) is 2.11. The summed E-state index contributed by atoms with van der Waals surface area (Å²) in [6.45, 7) is 5.51. The zero-order chi connectivity index (χ0) is 11.9. The second-order valence-electron chi connectivity index (χ2n) is 4.21. The van der Waals surface area contributed by atoms with Crippen LogP contribution < -0.4 is 5.32 Å². The van der Waals surface area contributed by atoms with Crippen molar-refractivity contribution in [2.75, 3.05) is 38.7 Å². The highest BCUT2D eigenvalue weighted by atomic mass is 32.2. The Morgan fingerprint density at radius 2 is 1.93 bits per heavy atom. The van der Waals surface area contributed by atoms with Crippen molar-refractivity contribution in [1.29, 1.82) is 0 Å². The summed E-state index contributed by atoms with van der Waals surface area (Å²) in [6, 6.07) is 0.0529. The van der Waals surface area contributed by atoms with Gasteiger partial charge in [-0.25, -0.2) is 8.42 Å². The molecule has 1 unspecified atom stereocenters. The maximum atomic E-state index is 11.3. The molecule has 4 nitrogen and oxygen atoms in total. The summed E-state index contributed by atoms with van der Waals surface area (Å²) in [6.07, 6.45) is 1.05. The maximum absolute atomic E-state index is 11.3. The van der Waals surface area contributed by atoms with Crippen LogP contribution in [0.4, 0.5) is 0 Å². The summed E-state index contributed by atoms with van der Waals surface area (Å²) < 4.78 is 22.6. The number of nitrogens with zero attached hydrogens (tertiary/aromatic N) is 1. The first-order valence-electron chi connectivity index (χ1n) is 5.46. The molecule has 0 bridgehead atoms. The van der Waals surface area contributed by atoms with Gasteiger partial charge >= 0.3 is 0 Å². The molecular weight excluding hydrogens is 212 g/mol. The quantitative estimate of drug-likeness (QED) is 0.618. The van der Waals surface area contributed by atoms with E-state index in [1.165, 1.54) is 0 Å². The zero-order valence-corrected chi connectivity index (χ0v) is 11.1. The Hall–Kier alpha value is -0.130. The average molecular weight is 236 g/mol. The molecule has 15 heavy (non-hydrogen) atoms. The van der Waals surface area contributed by atoms with Crippen LogP contribution in [-0.4, -0.2) is 58.1 Å². The van der Waals surface area contributed by atoms with Crippen LogP contribution in [0.15, 0.2) is 0 Å². The molecule has 0 aromatic rings. The van der Waals surface area contributed by atoms with Gasteiger partial charge in [0.1, 0.15) is 0 Å². The number of nitrogens with one attached hydrogen (secondary N) is 1. The molecule has 0 amide bonds. The predicted octanol–water partition coefficient (Wildman–Crippen LogP) is 0.351. The molecule has 0 radical (unpaired) electrons. The maximum Gasteiger partial charge on any atom is 0.151 e. The van der Waals surface area contributed by atoms with Crippen LogP contribution in [0.1, 0.15) is 20.3 Å². The minimum Gasteiger partial charge on any atom is -0.313 e. The van der Waals surface area contributed by atoms with Gasteiger partial charge in [0, 0.05) is 11.8 Å². The van der Waals surface area contributed by atoms with Gasteiger partial charge in [-0.2, -0.15) is 0 Å². The third-order valence-corrected chi connectivity index (χ3v) is 4.11. The fourth-order valence-electron chi connectivity index (χ4n) is 1.30.